The molecule has 0 saturated carbocycles. The predicted molar refractivity (Wildman–Crippen MR) is 101 cm³/mol. The van der Waals surface area contributed by atoms with Gasteiger partial charge in [0.05, 0.1) is 14.2 Å². The van der Waals surface area contributed by atoms with E-state index in [0.29, 0.717) is 0 Å². The molecule has 0 aliphatic carbocycles. The average Bonchev–Trinajstić information content (AvgIpc) is 2.74. The number of benzene rings is 1. The number of esters is 2. The van der Waals surface area contributed by atoms with Crippen molar-refractivity contribution in [1.29, 1.82) is 0 Å². The maximum atomic E-state index is 12.1. The zero-order valence-electron chi connectivity index (χ0n) is 16.7. The van der Waals surface area contributed by atoms with Gasteiger partial charge >= 0.3 is 24.0 Å². The van der Waals surface area contributed by atoms with Crippen molar-refractivity contribution in [2.75, 3.05) is 20.8 Å². The summed E-state index contributed by atoms with van der Waals surface area (Å²) in [5.41, 5.74) is 0.744. The van der Waals surface area contributed by atoms with Crippen molar-refractivity contribution in [3.63, 3.8) is 0 Å². The Hall–Kier alpha value is -3.63. The van der Waals surface area contributed by atoms with Gasteiger partial charge < -0.3 is 30.0 Å². The number of carbonyl (C=O) groups excluding carboxylic acids is 4. The van der Waals surface area contributed by atoms with Crippen LogP contribution >= 0.6 is 0 Å². The smallest absolute Gasteiger partial charge is 0.407 e. The van der Waals surface area contributed by atoms with Crippen LogP contribution < -0.4 is 10.6 Å². The van der Waals surface area contributed by atoms with Gasteiger partial charge in [-0.15, -0.1) is 0 Å². The van der Waals surface area contributed by atoms with E-state index in [2.05, 4.69) is 20.1 Å². The topological polar surface area (TPSA) is 157 Å². The molecule has 0 bridgehead atoms. The number of amides is 2. The summed E-state index contributed by atoms with van der Waals surface area (Å²) in [6.07, 6.45) is -0.879. The number of carboxylic acids is 1. The summed E-state index contributed by atoms with van der Waals surface area (Å²) < 4.78 is 14.0. The number of methoxy groups -OCH3 is 2. The molecule has 2 atom stereocenters. The molecule has 0 fully saturated rings. The zero-order valence-corrected chi connectivity index (χ0v) is 16.7. The Balaban J connectivity index is 2.65. The van der Waals surface area contributed by atoms with Crippen molar-refractivity contribution in [3.05, 3.63) is 35.9 Å². The molecular weight excluding hydrogens is 400 g/mol. The highest BCUT2D eigenvalue weighted by atomic mass is 16.6. The van der Waals surface area contributed by atoms with Crippen molar-refractivity contribution in [2.45, 2.75) is 19.6 Å². The van der Waals surface area contributed by atoms with Gasteiger partial charge in [-0.1, -0.05) is 37.3 Å². The lowest BCUT2D eigenvalue weighted by atomic mass is 9.87. The summed E-state index contributed by atoms with van der Waals surface area (Å²) in [6.45, 7) is 0.688. The van der Waals surface area contributed by atoms with Crippen LogP contribution in [0.5, 0.6) is 0 Å². The van der Waals surface area contributed by atoms with Gasteiger partial charge in [-0.3, -0.25) is 14.4 Å². The van der Waals surface area contributed by atoms with Gasteiger partial charge in [0, 0.05) is 5.92 Å². The van der Waals surface area contributed by atoms with E-state index in [0.717, 1.165) is 19.8 Å². The molecule has 0 heterocycles. The Bertz CT molecular complexity index is 751. The SMILES string of the molecule is COC(=O)C(C(=O)OC)[C@@H](C)[C@@H](NC(=O)CNC(=O)OCc1ccccc1)C(=O)O. The zero-order chi connectivity index (χ0) is 22.7. The van der Waals surface area contributed by atoms with Crippen molar-refractivity contribution in [1.82, 2.24) is 10.6 Å². The molecule has 0 spiro atoms. The highest BCUT2D eigenvalue weighted by Gasteiger charge is 2.42. The van der Waals surface area contributed by atoms with Crippen LogP contribution in [0, 0.1) is 11.8 Å². The van der Waals surface area contributed by atoms with E-state index in [-0.39, 0.29) is 6.61 Å². The van der Waals surface area contributed by atoms with Crippen LogP contribution in [0.25, 0.3) is 0 Å². The summed E-state index contributed by atoms with van der Waals surface area (Å²) in [5, 5.41) is 13.8. The predicted octanol–water partition coefficient (Wildman–Crippen LogP) is 0.0805. The molecule has 30 heavy (non-hydrogen) atoms. The summed E-state index contributed by atoms with van der Waals surface area (Å²) in [4.78, 5) is 59.1. The molecule has 0 aromatic heterocycles. The molecule has 0 saturated heterocycles. The third-order valence-electron chi connectivity index (χ3n) is 4.15. The molecule has 11 nitrogen and oxygen atoms in total. The van der Waals surface area contributed by atoms with Crippen molar-refractivity contribution < 1.29 is 43.3 Å². The van der Waals surface area contributed by atoms with Crippen LogP contribution in [0.2, 0.25) is 0 Å². The number of ether oxygens (including phenoxy) is 3. The van der Waals surface area contributed by atoms with Crippen LogP contribution in [-0.4, -0.2) is 61.8 Å². The molecular formula is C19H24N2O9. The fourth-order valence-corrected chi connectivity index (χ4v) is 2.54. The van der Waals surface area contributed by atoms with E-state index >= 15 is 0 Å². The van der Waals surface area contributed by atoms with Gasteiger partial charge in [0.15, 0.2) is 5.92 Å². The highest BCUT2D eigenvalue weighted by Crippen LogP contribution is 2.19. The first-order chi connectivity index (χ1) is 14.2. The Morgan fingerprint density at radius 3 is 2.07 bits per heavy atom. The first-order valence-electron chi connectivity index (χ1n) is 8.83. The van der Waals surface area contributed by atoms with Gasteiger partial charge in [0.2, 0.25) is 5.91 Å². The lowest BCUT2D eigenvalue weighted by Gasteiger charge is -2.26. The van der Waals surface area contributed by atoms with E-state index in [4.69, 9.17) is 4.74 Å². The molecule has 0 aliphatic rings. The second kappa shape index (κ2) is 12.0. The Morgan fingerprint density at radius 2 is 1.57 bits per heavy atom. The molecule has 0 radical (unpaired) electrons. The lowest BCUT2D eigenvalue weighted by Crippen LogP contribution is -2.52. The van der Waals surface area contributed by atoms with Gasteiger partial charge in [-0.2, -0.15) is 0 Å². The van der Waals surface area contributed by atoms with Crippen LogP contribution in [0.3, 0.4) is 0 Å². The number of rotatable bonds is 10. The summed E-state index contributed by atoms with van der Waals surface area (Å²) in [7, 11) is 2.06. The number of carboxylic acid groups (broad SMARTS) is 1. The standard InChI is InChI=1S/C19H24N2O9/c1-11(14(17(25)28-2)18(26)29-3)15(16(23)24)21-13(22)9-20-19(27)30-10-12-7-5-4-6-8-12/h4-8,11,14-15H,9-10H2,1-3H3,(H,20,27)(H,21,22)(H,23,24)/t11-,15-/m1/s1. The summed E-state index contributed by atoms with van der Waals surface area (Å²) in [5.74, 6) is -7.11. The first kappa shape index (κ1) is 24.4. The van der Waals surface area contributed by atoms with E-state index < -0.39 is 54.3 Å². The van der Waals surface area contributed by atoms with Crippen molar-refractivity contribution in [2.24, 2.45) is 11.8 Å². The molecule has 1 rings (SSSR count). The Kier molecular flexibility index (Phi) is 9.80. The van der Waals surface area contributed by atoms with Gasteiger partial charge in [0.25, 0.3) is 0 Å². The molecule has 11 heteroatoms. The summed E-state index contributed by atoms with van der Waals surface area (Å²) >= 11 is 0. The Morgan fingerprint density at radius 1 is 1.00 bits per heavy atom. The Labute approximate surface area is 172 Å². The second-order valence-corrected chi connectivity index (χ2v) is 6.18. The fourth-order valence-electron chi connectivity index (χ4n) is 2.54. The third-order valence-corrected chi connectivity index (χ3v) is 4.15. The number of nitrogens with one attached hydrogen (secondary N) is 2. The average molecular weight is 424 g/mol. The minimum Gasteiger partial charge on any atom is -0.480 e. The normalized spacial score (nSPS) is 12.3. The van der Waals surface area contributed by atoms with Crippen LogP contribution in [-0.2, 0) is 40.0 Å². The fraction of sp³-hybridized carbons (Fsp3) is 0.421. The monoisotopic (exact) mass is 424 g/mol. The number of alkyl carbamates (subject to hydrolysis) is 1. The van der Waals surface area contributed by atoms with Gasteiger partial charge in [-0.25, -0.2) is 9.59 Å². The maximum Gasteiger partial charge on any atom is 0.407 e. The first-order valence-corrected chi connectivity index (χ1v) is 8.83. The number of aliphatic carboxylic acids is 1. The molecule has 3 N–H and O–H groups in total. The van der Waals surface area contributed by atoms with Crippen LogP contribution in [0.4, 0.5) is 4.79 Å². The lowest BCUT2D eigenvalue weighted by molar-refractivity contribution is -0.163. The molecule has 1 aromatic carbocycles. The quantitative estimate of drug-likeness (QED) is 0.269. The van der Waals surface area contributed by atoms with Crippen LogP contribution in [0.15, 0.2) is 30.3 Å². The van der Waals surface area contributed by atoms with E-state index in [1.54, 1.807) is 30.3 Å². The second-order valence-electron chi connectivity index (χ2n) is 6.18. The summed E-state index contributed by atoms with van der Waals surface area (Å²) in [6, 6.07) is 7.22. The number of hydrogen-bond donors (Lipinski definition) is 3. The minimum absolute atomic E-state index is 0.0109. The third kappa shape index (κ3) is 7.41. The highest BCUT2D eigenvalue weighted by molar-refractivity contribution is 5.96. The molecule has 164 valence electrons. The maximum absolute atomic E-state index is 12.1. The van der Waals surface area contributed by atoms with Crippen molar-refractivity contribution >= 4 is 29.9 Å². The van der Waals surface area contributed by atoms with Gasteiger partial charge in [0.1, 0.15) is 19.2 Å². The van der Waals surface area contributed by atoms with Gasteiger partial charge in [-0.05, 0) is 5.56 Å². The molecule has 2 amide bonds. The van der Waals surface area contributed by atoms with E-state index in [9.17, 15) is 29.1 Å². The number of hydrogen-bond acceptors (Lipinski definition) is 8. The van der Waals surface area contributed by atoms with Crippen molar-refractivity contribution in [3.8, 4) is 0 Å². The molecule has 0 unspecified atom stereocenters. The number of carbonyl (C=O) groups is 5. The minimum atomic E-state index is -1.62. The largest absolute Gasteiger partial charge is 0.480 e. The van der Waals surface area contributed by atoms with Crippen LogP contribution in [0.1, 0.15) is 12.5 Å². The van der Waals surface area contributed by atoms with E-state index in [1.165, 1.54) is 6.92 Å². The molecule has 1 aromatic rings. The van der Waals surface area contributed by atoms with E-state index in [1.807, 2.05) is 0 Å². The molecule has 0 aliphatic heterocycles.